The van der Waals surface area contributed by atoms with Gasteiger partial charge in [-0.25, -0.2) is 0 Å². The van der Waals surface area contributed by atoms with Crippen LogP contribution in [0.3, 0.4) is 0 Å². The molecule has 2 rings (SSSR count). The topological polar surface area (TPSA) is 50.4 Å². The van der Waals surface area contributed by atoms with Gasteiger partial charge in [-0.15, -0.1) is 0 Å². The lowest BCUT2D eigenvalue weighted by Gasteiger charge is -2.10. The third kappa shape index (κ3) is 4.29. The standard InChI is InChI=1S/C16H16N2O2S/c1-11-6-8-12(9-7-11)15(19)18-16(21)17-13-4-3-5-14(10-13)20-2/h3-10H,1-2H3,(H2,17,18,19,21). The van der Waals surface area contributed by atoms with Crippen LogP contribution in [-0.2, 0) is 0 Å². The maximum Gasteiger partial charge on any atom is 0.257 e. The highest BCUT2D eigenvalue weighted by Crippen LogP contribution is 2.16. The summed E-state index contributed by atoms with van der Waals surface area (Å²) in [6.07, 6.45) is 0. The van der Waals surface area contributed by atoms with Crippen molar-refractivity contribution in [3.05, 3.63) is 59.7 Å². The maximum absolute atomic E-state index is 12.0. The van der Waals surface area contributed by atoms with E-state index >= 15 is 0 Å². The van der Waals surface area contributed by atoms with E-state index in [1.807, 2.05) is 37.3 Å². The molecule has 0 unspecified atom stereocenters. The summed E-state index contributed by atoms with van der Waals surface area (Å²) in [6, 6.07) is 14.6. The van der Waals surface area contributed by atoms with E-state index in [1.54, 1.807) is 25.3 Å². The minimum absolute atomic E-state index is 0.240. The largest absolute Gasteiger partial charge is 0.497 e. The molecule has 0 fully saturated rings. The van der Waals surface area contributed by atoms with Gasteiger partial charge in [-0.1, -0.05) is 23.8 Å². The first-order valence-electron chi connectivity index (χ1n) is 6.41. The molecule has 0 bridgehead atoms. The molecule has 4 nitrogen and oxygen atoms in total. The molecule has 0 heterocycles. The van der Waals surface area contributed by atoms with Gasteiger partial charge in [0.05, 0.1) is 7.11 Å². The van der Waals surface area contributed by atoms with Gasteiger partial charge in [-0.3, -0.25) is 10.1 Å². The van der Waals surface area contributed by atoms with E-state index in [1.165, 1.54) is 0 Å². The number of aryl methyl sites for hydroxylation is 1. The van der Waals surface area contributed by atoms with Crippen LogP contribution in [0, 0.1) is 6.92 Å². The van der Waals surface area contributed by atoms with E-state index in [9.17, 15) is 4.79 Å². The molecular weight excluding hydrogens is 284 g/mol. The minimum atomic E-state index is -0.240. The van der Waals surface area contributed by atoms with Gasteiger partial charge >= 0.3 is 0 Å². The lowest BCUT2D eigenvalue weighted by molar-refractivity contribution is 0.0978. The van der Waals surface area contributed by atoms with Crippen molar-refractivity contribution in [1.82, 2.24) is 5.32 Å². The molecular formula is C16H16N2O2S. The van der Waals surface area contributed by atoms with Crippen molar-refractivity contribution in [2.24, 2.45) is 0 Å². The van der Waals surface area contributed by atoms with Crippen LogP contribution in [0.5, 0.6) is 5.75 Å². The van der Waals surface area contributed by atoms with Gasteiger partial charge in [-0.05, 0) is 43.4 Å². The highest BCUT2D eigenvalue weighted by atomic mass is 32.1. The third-order valence-corrected chi connectivity index (χ3v) is 3.07. The molecule has 21 heavy (non-hydrogen) atoms. The molecule has 0 aromatic heterocycles. The highest BCUT2D eigenvalue weighted by molar-refractivity contribution is 7.80. The van der Waals surface area contributed by atoms with Crippen molar-refractivity contribution < 1.29 is 9.53 Å². The second kappa shape index (κ2) is 6.85. The van der Waals surface area contributed by atoms with Crippen LogP contribution in [-0.4, -0.2) is 18.1 Å². The molecule has 5 heteroatoms. The van der Waals surface area contributed by atoms with Crippen LogP contribution in [0.2, 0.25) is 0 Å². The van der Waals surface area contributed by atoms with Crippen LogP contribution < -0.4 is 15.4 Å². The summed E-state index contributed by atoms with van der Waals surface area (Å²) < 4.78 is 5.13. The first-order chi connectivity index (χ1) is 10.1. The lowest BCUT2D eigenvalue weighted by Crippen LogP contribution is -2.34. The molecule has 0 aliphatic carbocycles. The minimum Gasteiger partial charge on any atom is -0.497 e. The van der Waals surface area contributed by atoms with E-state index in [0.29, 0.717) is 11.3 Å². The van der Waals surface area contributed by atoms with Crippen molar-refractivity contribution in [2.45, 2.75) is 6.92 Å². The molecule has 108 valence electrons. The molecule has 1 amide bonds. The van der Waals surface area contributed by atoms with Crippen LogP contribution in [0.15, 0.2) is 48.5 Å². The Morgan fingerprint density at radius 3 is 2.52 bits per heavy atom. The van der Waals surface area contributed by atoms with Crippen molar-refractivity contribution in [2.75, 3.05) is 12.4 Å². The van der Waals surface area contributed by atoms with Crippen LogP contribution in [0.25, 0.3) is 0 Å². The number of hydrogen-bond acceptors (Lipinski definition) is 3. The van der Waals surface area contributed by atoms with E-state index < -0.39 is 0 Å². The summed E-state index contributed by atoms with van der Waals surface area (Å²) >= 11 is 5.13. The number of rotatable bonds is 3. The van der Waals surface area contributed by atoms with Crippen LogP contribution >= 0.6 is 12.2 Å². The average Bonchev–Trinajstić information content (AvgIpc) is 2.47. The summed E-state index contributed by atoms with van der Waals surface area (Å²) in [5, 5.41) is 5.83. The molecule has 0 aliphatic rings. The molecule has 0 aliphatic heterocycles. The van der Waals surface area contributed by atoms with Gasteiger partial charge in [0.2, 0.25) is 0 Å². The van der Waals surface area contributed by atoms with E-state index in [2.05, 4.69) is 10.6 Å². The quantitative estimate of drug-likeness (QED) is 0.855. The molecule has 2 aromatic carbocycles. The van der Waals surface area contributed by atoms with Crippen LogP contribution in [0.4, 0.5) is 5.69 Å². The maximum atomic E-state index is 12.0. The second-order valence-corrected chi connectivity index (χ2v) is 4.91. The SMILES string of the molecule is COc1cccc(NC(=S)NC(=O)c2ccc(C)cc2)c1. The van der Waals surface area contributed by atoms with Gasteiger partial charge in [-0.2, -0.15) is 0 Å². The summed E-state index contributed by atoms with van der Waals surface area (Å²) in [7, 11) is 1.59. The zero-order valence-corrected chi connectivity index (χ0v) is 12.7. The van der Waals surface area contributed by atoms with Gasteiger partial charge in [0.1, 0.15) is 5.75 Å². The Morgan fingerprint density at radius 1 is 1.14 bits per heavy atom. The van der Waals surface area contributed by atoms with Gasteiger partial charge in [0.15, 0.2) is 5.11 Å². The lowest BCUT2D eigenvalue weighted by atomic mass is 10.1. The highest BCUT2D eigenvalue weighted by Gasteiger charge is 2.07. The fourth-order valence-corrected chi connectivity index (χ4v) is 1.95. The molecule has 2 N–H and O–H groups in total. The van der Waals surface area contributed by atoms with Crippen molar-refractivity contribution in [3.8, 4) is 5.75 Å². The number of ether oxygens (including phenoxy) is 1. The summed E-state index contributed by atoms with van der Waals surface area (Å²) in [5.74, 6) is 0.475. The Morgan fingerprint density at radius 2 is 1.86 bits per heavy atom. The fourth-order valence-electron chi connectivity index (χ4n) is 1.74. The number of carbonyl (C=O) groups excluding carboxylic acids is 1. The predicted octanol–water partition coefficient (Wildman–Crippen LogP) is 3.13. The van der Waals surface area contributed by atoms with E-state index in [-0.39, 0.29) is 11.0 Å². The second-order valence-electron chi connectivity index (χ2n) is 4.51. The molecule has 0 radical (unpaired) electrons. The number of methoxy groups -OCH3 is 1. The Balaban J connectivity index is 1.97. The first kappa shape index (κ1) is 15.0. The Bertz CT molecular complexity index is 654. The molecule has 0 atom stereocenters. The number of anilines is 1. The number of carbonyl (C=O) groups is 1. The number of hydrogen-bond donors (Lipinski definition) is 2. The zero-order valence-electron chi connectivity index (χ0n) is 11.8. The molecule has 0 saturated heterocycles. The summed E-state index contributed by atoms with van der Waals surface area (Å²) in [6.45, 7) is 1.97. The molecule has 0 saturated carbocycles. The zero-order chi connectivity index (χ0) is 15.2. The van der Waals surface area contributed by atoms with Gasteiger partial charge in [0.25, 0.3) is 5.91 Å². The average molecular weight is 300 g/mol. The van der Waals surface area contributed by atoms with Gasteiger partial charge < -0.3 is 10.1 Å². The number of thiocarbonyl (C=S) groups is 1. The van der Waals surface area contributed by atoms with Crippen molar-refractivity contribution >= 4 is 28.9 Å². The monoisotopic (exact) mass is 300 g/mol. The summed E-state index contributed by atoms with van der Waals surface area (Å²) in [5.41, 5.74) is 2.42. The Kier molecular flexibility index (Phi) is 4.90. The van der Waals surface area contributed by atoms with E-state index in [0.717, 1.165) is 11.3 Å². The number of nitrogens with one attached hydrogen (secondary N) is 2. The Labute approximate surface area is 129 Å². The van der Waals surface area contributed by atoms with Crippen molar-refractivity contribution in [1.29, 1.82) is 0 Å². The van der Waals surface area contributed by atoms with Crippen molar-refractivity contribution in [3.63, 3.8) is 0 Å². The predicted molar refractivity (Wildman–Crippen MR) is 87.9 cm³/mol. The normalized spacial score (nSPS) is 9.81. The summed E-state index contributed by atoms with van der Waals surface area (Å²) in [4.78, 5) is 12.0. The first-order valence-corrected chi connectivity index (χ1v) is 6.82. The third-order valence-electron chi connectivity index (χ3n) is 2.87. The molecule has 2 aromatic rings. The number of benzene rings is 2. The fraction of sp³-hybridized carbons (Fsp3) is 0.125. The van der Waals surface area contributed by atoms with Gasteiger partial charge in [0, 0.05) is 17.3 Å². The smallest absolute Gasteiger partial charge is 0.257 e. The van der Waals surface area contributed by atoms with Crippen LogP contribution in [0.1, 0.15) is 15.9 Å². The number of amides is 1. The Hall–Kier alpha value is -2.40. The molecule has 0 spiro atoms. The van der Waals surface area contributed by atoms with E-state index in [4.69, 9.17) is 17.0 Å².